The predicted molar refractivity (Wildman–Crippen MR) is 107 cm³/mol. The third-order valence-corrected chi connectivity index (χ3v) is 4.20. The molecule has 2 aromatic rings. The molecule has 0 saturated carbocycles. The van der Waals surface area contributed by atoms with Gasteiger partial charge >= 0.3 is 6.09 Å². The molecule has 0 saturated heterocycles. The molecule has 2 amide bonds. The van der Waals surface area contributed by atoms with Crippen molar-refractivity contribution in [1.82, 2.24) is 10.6 Å². The molecule has 1 atom stereocenters. The normalized spacial score (nSPS) is 12.2. The van der Waals surface area contributed by atoms with Gasteiger partial charge in [0.25, 0.3) is 0 Å². The third-order valence-electron chi connectivity index (χ3n) is 4.20. The average Bonchev–Trinajstić information content (AvgIpc) is 2.64. The van der Waals surface area contributed by atoms with E-state index in [2.05, 4.69) is 10.6 Å². The Morgan fingerprint density at radius 2 is 1.60 bits per heavy atom. The Labute approximate surface area is 173 Å². The maximum Gasteiger partial charge on any atom is 0.407 e. The third kappa shape index (κ3) is 6.50. The molecule has 0 spiro atoms. The minimum atomic E-state index is -1.26. The molecule has 162 valence electrons. The summed E-state index contributed by atoms with van der Waals surface area (Å²) in [5.41, 5.74) is -0.255. The van der Waals surface area contributed by atoms with Crippen LogP contribution in [0.2, 0.25) is 0 Å². The van der Waals surface area contributed by atoms with Crippen LogP contribution in [0, 0.1) is 17.5 Å². The van der Waals surface area contributed by atoms with E-state index in [0.29, 0.717) is 5.56 Å². The summed E-state index contributed by atoms with van der Waals surface area (Å²) in [5, 5.41) is 5.17. The van der Waals surface area contributed by atoms with E-state index < -0.39 is 40.8 Å². The van der Waals surface area contributed by atoms with E-state index in [-0.39, 0.29) is 24.3 Å². The fourth-order valence-electron chi connectivity index (χ4n) is 2.86. The Hall–Kier alpha value is -3.03. The van der Waals surface area contributed by atoms with Crippen molar-refractivity contribution >= 4 is 12.0 Å². The topological polar surface area (TPSA) is 67.4 Å². The van der Waals surface area contributed by atoms with E-state index in [9.17, 15) is 22.8 Å². The van der Waals surface area contributed by atoms with E-state index in [1.165, 1.54) is 19.2 Å². The number of hydrogen-bond donors (Lipinski definition) is 2. The van der Waals surface area contributed by atoms with Gasteiger partial charge in [0, 0.05) is 19.5 Å². The summed E-state index contributed by atoms with van der Waals surface area (Å²) in [4.78, 5) is 23.9. The molecule has 0 aromatic heterocycles. The van der Waals surface area contributed by atoms with E-state index in [1.807, 2.05) is 0 Å². The highest BCUT2D eigenvalue weighted by atomic mass is 19.2. The van der Waals surface area contributed by atoms with Gasteiger partial charge in [-0.1, -0.05) is 24.3 Å². The van der Waals surface area contributed by atoms with Crippen molar-refractivity contribution in [2.24, 2.45) is 0 Å². The minimum absolute atomic E-state index is 0.0185. The van der Waals surface area contributed by atoms with Gasteiger partial charge in [0.2, 0.25) is 5.91 Å². The maximum absolute atomic E-state index is 14.0. The van der Waals surface area contributed by atoms with Gasteiger partial charge in [-0.25, -0.2) is 18.0 Å². The molecule has 2 rings (SSSR count). The van der Waals surface area contributed by atoms with Crippen LogP contribution in [-0.2, 0) is 16.0 Å². The molecular weight excluding hydrogens is 397 g/mol. The molecule has 0 unspecified atom stereocenters. The Bertz CT molecular complexity index is 909. The maximum atomic E-state index is 14.0. The smallest absolute Gasteiger partial charge is 0.407 e. The van der Waals surface area contributed by atoms with Gasteiger partial charge in [-0.15, -0.1) is 0 Å². The summed E-state index contributed by atoms with van der Waals surface area (Å²) < 4.78 is 46.7. The zero-order valence-electron chi connectivity index (χ0n) is 17.3. The van der Waals surface area contributed by atoms with Crippen LogP contribution in [0.3, 0.4) is 0 Å². The fourth-order valence-corrected chi connectivity index (χ4v) is 2.86. The molecule has 2 aromatic carbocycles. The lowest BCUT2D eigenvalue weighted by Gasteiger charge is -2.23. The van der Waals surface area contributed by atoms with Gasteiger partial charge < -0.3 is 15.4 Å². The van der Waals surface area contributed by atoms with E-state index in [4.69, 9.17) is 4.74 Å². The van der Waals surface area contributed by atoms with E-state index in [1.54, 1.807) is 32.9 Å². The highest BCUT2D eigenvalue weighted by Crippen LogP contribution is 2.28. The summed E-state index contributed by atoms with van der Waals surface area (Å²) in [6.45, 7) is 5.18. The molecular formula is C22H25F3N2O3. The summed E-state index contributed by atoms with van der Waals surface area (Å²) in [5.74, 6) is -3.53. The second-order valence-electron chi connectivity index (χ2n) is 7.84. The van der Waals surface area contributed by atoms with Crippen LogP contribution in [0.5, 0.6) is 0 Å². The van der Waals surface area contributed by atoms with Gasteiger partial charge in [0.05, 0.1) is 5.56 Å². The summed E-state index contributed by atoms with van der Waals surface area (Å²) >= 11 is 0. The Morgan fingerprint density at radius 3 is 2.17 bits per heavy atom. The number of ether oxygens (including phenoxy) is 1. The highest BCUT2D eigenvalue weighted by molar-refractivity contribution is 5.77. The summed E-state index contributed by atoms with van der Waals surface area (Å²) in [7, 11) is 1.49. The number of carbonyl (C=O) groups excluding carboxylic acids is 2. The van der Waals surface area contributed by atoms with Gasteiger partial charge in [-0.2, -0.15) is 0 Å². The van der Waals surface area contributed by atoms with Gasteiger partial charge in [-0.05, 0) is 50.5 Å². The number of alkyl carbamates (subject to hydrolysis) is 1. The number of benzene rings is 2. The summed E-state index contributed by atoms with van der Waals surface area (Å²) in [6.07, 6.45) is -0.358. The van der Waals surface area contributed by atoms with Crippen molar-refractivity contribution in [3.63, 3.8) is 0 Å². The predicted octanol–water partition coefficient (Wildman–Crippen LogP) is 4.34. The van der Waals surface area contributed by atoms with Gasteiger partial charge in [0.15, 0.2) is 11.6 Å². The Kier molecular flexibility index (Phi) is 7.48. The molecule has 0 fully saturated rings. The lowest BCUT2D eigenvalue weighted by molar-refractivity contribution is -0.121. The van der Waals surface area contributed by atoms with Crippen molar-refractivity contribution in [3.8, 4) is 11.1 Å². The van der Waals surface area contributed by atoms with Crippen LogP contribution in [-0.4, -0.2) is 30.7 Å². The Morgan fingerprint density at radius 1 is 1.00 bits per heavy atom. The number of amides is 2. The molecule has 2 N–H and O–H groups in total. The monoisotopic (exact) mass is 422 g/mol. The lowest BCUT2D eigenvalue weighted by Crippen LogP contribution is -2.42. The molecule has 8 heteroatoms. The number of nitrogens with one attached hydrogen (secondary N) is 2. The first-order valence-electron chi connectivity index (χ1n) is 9.43. The fraction of sp³-hybridized carbons (Fsp3) is 0.364. The first-order valence-corrected chi connectivity index (χ1v) is 9.43. The SMILES string of the molecule is CNC(=O)C[C@@H](Cc1ccc(-c2c(F)ccc(F)c2F)cc1)NC(=O)OC(C)(C)C. The quantitative estimate of drug-likeness (QED) is 0.681. The molecule has 0 aliphatic rings. The number of rotatable bonds is 6. The largest absolute Gasteiger partial charge is 0.444 e. The van der Waals surface area contributed by atoms with Crippen molar-refractivity contribution in [2.45, 2.75) is 45.3 Å². The lowest BCUT2D eigenvalue weighted by atomic mass is 9.98. The molecule has 0 aliphatic carbocycles. The molecule has 30 heavy (non-hydrogen) atoms. The van der Waals surface area contributed by atoms with E-state index in [0.717, 1.165) is 12.1 Å². The van der Waals surface area contributed by atoms with Crippen molar-refractivity contribution in [2.75, 3.05) is 7.05 Å². The van der Waals surface area contributed by atoms with Crippen LogP contribution < -0.4 is 10.6 Å². The van der Waals surface area contributed by atoms with Gasteiger partial charge in [-0.3, -0.25) is 4.79 Å². The van der Waals surface area contributed by atoms with Crippen LogP contribution >= 0.6 is 0 Å². The second-order valence-corrected chi connectivity index (χ2v) is 7.84. The number of halogens is 3. The van der Waals surface area contributed by atoms with Crippen LogP contribution in [0.15, 0.2) is 36.4 Å². The van der Waals surface area contributed by atoms with E-state index >= 15 is 0 Å². The van der Waals surface area contributed by atoms with Crippen molar-refractivity contribution in [3.05, 3.63) is 59.4 Å². The zero-order valence-corrected chi connectivity index (χ0v) is 17.3. The highest BCUT2D eigenvalue weighted by Gasteiger charge is 2.22. The molecule has 0 radical (unpaired) electrons. The molecule has 0 heterocycles. The minimum Gasteiger partial charge on any atom is -0.444 e. The number of hydrogen-bond acceptors (Lipinski definition) is 3. The zero-order chi connectivity index (χ0) is 22.5. The Balaban J connectivity index is 2.19. The molecule has 0 bridgehead atoms. The second kappa shape index (κ2) is 9.65. The first-order chi connectivity index (χ1) is 14.0. The number of carbonyl (C=O) groups is 2. The van der Waals surface area contributed by atoms with Crippen LogP contribution in [0.25, 0.3) is 11.1 Å². The standard InChI is InChI=1S/C22H25F3N2O3/c1-22(2,3)30-21(29)27-15(12-18(28)26-4)11-13-5-7-14(8-6-13)19-16(23)9-10-17(24)20(19)25/h5-10,15H,11-12H2,1-4H3,(H,26,28)(H,27,29)/t15-/m1/s1. The molecule has 0 aliphatic heterocycles. The van der Waals surface area contributed by atoms with Crippen molar-refractivity contribution in [1.29, 1.82) is 0 Å². The van der Waals surface area contributed by atoms with Crippen LogP contribution in [0.1, 0.15) is 32.8 Å². The van der Waals surface area contributed by atoms with Crippen LogP contribution in [0.4, 0.5) is 18.0 Å². The first kappa shape index (κ1) is 23.3. The average molecular weight is 422 g/mol. The van der Waals surface area contributed by atoms with Gasteiger partial charge in [0.1, 0.15) is 11.4 Å². The molecule has 5 nitrogen and oxygen atoms in total. The summed E-state index contributed by atoms with van der Waals surface area (Å²) in [6, 6.07) is 7.16. The van der Waals surface area contributed by atoms with Crippen molar-refractivity contribution < 1.29 is 27.5 Å².